The SMILES string of the molecule is CCOC1(C(N)c2cc(F)cc(F)c2)CCC(C)(C)CC1. The zero-order valence-electron chi connectivity index (χ0n) is 13.1. The van der Waals surface area contributed by atoms with Crippen LogP contribution in [0.1, 0.15) is 58.1 Å². The topological polar surface area (TPSA) is 35.2 Å². The fourth-order valence-electron chi connectivity index (χ4n) is 3.24. The van der Waals surface area contributed by atoms with Crippen molar-refractivity contribution in [2.75, 3.05) is 6.61 Å². The summed E-state index contributed by atoms with van der Waals surface area (Å²) in [6.45, 7) is 6.94. The molecule has 1 unspecified atom stereocenters. The molecule has 1 aromatic carbocycles. The van der Waals surface area contributed by atoms with E-state index < -0.39 is 23.3 Å². The van der Waals surface area contributed by atoms with Crippen LogP contribution in [0.4, 0.5) is 8.78 Å². The number of benzene rings is 1. The Kier molecular flexibility index (Phi) is 4.69. The predicted octanol–water partition coefficient (Wildman–Crippen LogP) is 4.34. The molecule has 1 aromatic rings. The summed E-state index contributed by atoms with van der Waals surface area (Å²) in [5.74, 6) is -1.19. The van der Waals surface area contributed by atoms with Crippen LogP contribution in [0.3, 0.4) is 0 Å². The molecular weight excluding hydrogens is 272 g/mol. The van der Waals surface area contributed by atoms with Gasteiger partial charge < -0.3 is 10.5 Å². The van der Waals surface area contributed by atoms with E-state index in [1.165, 1.54) is 12.1 Å². The van der Waals surface area contributed by atoms with Gasteiger partial charge in [0.15, 0.2) is 0 Å². The molecule has 4 heteroatoms. The summed E-state index contributed by atoms with van der Waals surface area (Å²) in [5, 5.41) is 0. The lowest BCUT2D eigenvalue weighted by Crippen LogP contribution is -2.48. The van der Waals surface area contributed by atoms with Crippen LogP contribution in [0.2, 0.25) is 0 Å². The van der Waals surface area contributed by atoms with Crippen LogP contribution in [0, 0.1) is 17.0 Å². The maximum Gasteiger partial charge on any atom is 0.126 e. The van der Waals surface area contributed by atoms with Gasteiger partial charge in [0.1, 0.15) is 11.6 Å². The molecule has 1 fully saturated rings. The smallest absolute Gasteiger partial charge is 0.126 e. The Labute approximate surface area is 125 Å². The Balaban J connectivity index is 2.29. The fraction of sp³-hybridized carbons (Fsp3) is 0.647. The van der Waals surface area contributed by atoms with Crippen molar-refractivity contribution in [2.45, 2.75) is 58.1 Å². The van der Waals surface area contributed by atoms with Crippen molar-refractivity contribution in [2.24, 2.45) is 11.1 Å². The van der Waals surface area contributed by atoms with Crippen molar-refractivity contribution in [3.05, 3.63) is 35.4 Å². The standard InChI is InChI=1S/C17H25F2NO/c1-4-21-17(7-5-16(2,3)6-8-17)15(20)12-9-13(18)11-14(19)10-12/h9-11,15H,4-8,20H2,1-3H3. The lowest BCUT2D eigenvalue weighted by molar-refractivity contribution is -0.100. The van der Waals surface area contributed by atoms with E-state index in [9.17, 15) is 8.78 Å². The summed E-state index contributed by atoms with van der Waals surface area (Å²) in [4.78, 5) is 0. The molecule has 1 aliphatic carbocycles. The van der Waals surface area contributed by atoms with Crippen LogP contribution in [-0.2, 0) is 4.74 Å². The molecule has 1 saturated carbocycles. The highest BCUT2D eigenvalue weighted by molar-refractivity contribution is 5.24. The van der Waals surface area contributed by atoms with E-state index in [1.807, 2.05) is 6.92 Å². The first kappa shape index (κ1) is 16.4. The molecule has 1 atom stereocenters. The summed E-state index contributed by atoms with van der Waals surface area (Å²) in [5.41, 5.74) is 6.58. The number of hydrogen-bond donors (Lipinski definition) is 1. The minimum atomic E-state index is -0.594. The number of nitrogens with two attached hydrogens (primary N) is 1. The largest absolute Gasteiger partial charge is 0.373 e. The van der Waals surface area contributed by atoms with Crippen LogP contribution >= 0.6 is 0 Å². The van der Waals surface area contributed by atoms with E-state index in [-0.39, 0.29) is 5.41 Å². The van der Waals surface area contributed by atoms with Gasteiger partial charge in [0, 0.05) is 12.7 Å². The maximum absolute atomic E-state index is 13.5. The second-order valence-corrected chi connectivity index (χ2v) is 6.84. The highest BCUT2D eigenvalue weighted by Gasteiger charge is 2.44. The second-order valence-electron chi connectivity index (χ2n) is 6.84. The molecule has 0 saturated heterocycles. The normalized spacial score (nSPS) is 22.0. The van der Waals surface area contributed by atoms with E-state index in [0.717, 1.165) is 31.7 Å². The van der Waals surface area contributed by atoms with Gasteiger partial charge in [-0.15, -0.1) is 0 Å². The molecule has 0 heterocycles. The van der Waals surface area contributed by atoms with Gasteiger partial charge in [0.05, 0.1) is 11.6 Å². The molecule has 118 valence electrons. The third-order valence-corrected chi connectivity index (χ3v) is 4.69. The van der Waals surface area contributed by atoms with Crippen LogP contribution in [0.25, 0.3) is 0 Å². The molecule has 2 N–H and O–H groups in total. The van der Waals surface area contributed by atoms with Gasteiger partial charge in [-0.3, -0.25) is 0 Å². The average molecular weight is 297 g/mol. The van der Waals surface area contributed by atoms with Crippen molar-refractivity contribution < 1.29 is 13.5 Å². The lowest BCUT2D eigenvalue weighted by Gasteiger charge is -2.46. The number of halogens is 2. The van der Waals surface area contributed by atoms with Crippen molar-refractivity contribution in [3.8, 4) is 0 Å². The third kappa shape index (κ3) is 3.61. The molecule has 0 aromatic heterocycles. The van der Waals surface area contributed by atoms with E-state index in [0.29, 0.717) is 12.2 Å². The fourth-order valence-corrected chi connectivity index (χ4v) is 3.24. The Hall–Kier alpha value is -1.00. The molecule has 1 aliphatic rings. The first-order valence-electron chi connectivity index (χ1n) is 7.63. The van der Waals surface area contributed by atoms with E-state index in [2.05, 4.69) is 13.8 Å². The van der Waals surface area contributed by atoms with Crippen molar-refractivity contribution >= 4 is 0 Å². The number of ether oxygens (including phenoxy) is 1. The Morgan fingerprint density at radius 3 is 2.10 bits per heavy atom. The second kappa shape index (κ2) is 6.01. The summed E-state index contributed by atoms with van der Waals surface area (Å²) < 4.78 is 32.9. The Bertz CT molecular complexity index is 471. The first-order chi connectivity index (χ1) is 9.78. The molecule has 0 aliphatic heterocycles. The van der Waals surface area contributed by atoms with E-state index >= 15 is 0 Å². The van der Waals surface area contributed by atoms with Gasteiger partial charge in [-0.2, -0.15) is 0 Å². The van der Waals surface area contributed by atoms with E-state index in [1.54, 1.807) is 0 Å². The van der Waals surface area contributed by atoms with Gasteiger partial charge in [-0.25, -0.2) is 8.78 Å². The van der Waals surface area contributed by atoms with Crippen LogP contribution < -0.4 is 5.73 Å². The molecule has 2 rings (SSSR count). The molecule has 0 spiro atoms. The lowest BCUT2D eigenvalue weighted by atomic mass is 9.67. The number of rotatable bonds is 4. The van der Waals surface area contributed by atoms with Crippen LogP contribution in [0.5, 0.6) is 0 Å². The molecule has 21 heavy (non-hydrogen) atoms. The quantitative estimate of drug-likeness (QED) is 0.897. The molecule has 2 nitrogen and oxygen atoms in total. The van der Waals surface area contributed by atoms with Crippen LogP contribution in [-0.4, -0.2) is 12.2 Å². The summed E-state index contributed by atoms with van der Waals surface area (Å²) >= 11 is 0. The Morgan fingerprint density at radius 2 is 1.62 bits per heavy atom. The molecule has 0 amide bonds. The average Bonchev–Trinajstić information content (AvgIpc) is 2.40. The summed E-state index contributed by atoms with van der Waals surface area (Å²) in [7, 11) is 0. The highest BCUT2D eigenvalue weighted by atomic mass is 19.1. The first-order valence-corrected chi connectivity index (χ1v) is 7.63. The summed E-state index contributed by atoms with van der Waals surface area (Å²) in [6, 6.07) is 2.98. The third-order valence-electron chi connectivity index (χ3n) is 4.69. The minimum Gasteiger partial charge on any atom is -0.373 e. The van der Waals surface area contributed by atoms with Gasteiger partial charge in [0.25, 0.3) is 0 Å². The van der Waals surface area contributed by atoms with Gasteiger partial charge >= 0.3 is 0 Å². The molecule has 0 radical (unpaired) electrons. The van der Waals surface area contributed by atoms with Crippen LogP contribution in [0.15, 0.2) is 18.2 Å². The van der Waals surface area contributed by atoms with Crippen molar-refractivity contribution in [1.82, 2.24) is 0 Å². The van der Waals surface area contributed by atoms with Crippen molar-refractivity contribution in [3.63, 3.8) is 0 Å². The highest BCUT2D eigenvalue weighted by Crippen LogP contribution is 2.46. The van der Waals surface area contributed by atoms with Gasteiger partial charge in [-0.05, 0) is 55.7 Å². The zero-order chi connectivity index (χ0) is 15.7. The predicted molar refractivity (Wildman–Crippen MR) is 79.9 cm³/mol. The molecular formula is C17H25F2NO. The maximum atomic E-state index is 13.5. The van der Waals surface area contributed by atoms with Crippen molar-refractivity contribution in [1.29, 1.82) is 0 Å². The van der Waals surface area contributed by atoms with Gasteiger partial charge in [0.2, 0.25) is 0 Å². The Morgan fingerprint density at radius 1 is 1.10 bits per heavy atom. The van der Waals surface area contributed by atoms with Gasteiger partial charge in [-0.1, -0.05) is 13.8 Å². The number of hydrogen-bond acceptors (Lipinski definition) is 2. The zero-order valence-corrected chi connectivity index (χ0v) is 13.1. The summed E-state index contributed by atoms with van der Waals surface area (Å²) in [6.07, 6.45) is 3.62. The monoisotopic (exact) mass is 297 g/mol. The molecule has 0 bridgehead atoms. The minimum absolute atomic E-state index is 0.271. The van der Waals surface area contributed by atoms with E-state index in [4.69, 9.17) is 10.5 Å².